The average molecular weight is 550 g/mol. The monoisotopic (exact) mass is 549 g/mol. The highest BCUT2D eigenvalue weighted by molar-refractivity contribution is 9.10. The molecule has 0 aliphatic carbocycles. The number of hydrogen-bond donors (Lipinski definition) is 2. The van der Waals surface area contributed by atoms with E-state index >= 15 is 0 Å². The van der Waals surface area contributed by atoms with E-state index in [1.54, 1.807) is 48.5 Å². The van der Waals surface area contributed by atoms with Gasteiger partial charge < -0.3 is 10.1 Å². The lowest BCUT2D eigenvalue weighted by atomic mass is 10.1. The van der Waals surface area contributed by atoms with Crippen LogP contribution in [0.2, 0.25) is 0 Å². The van der Waals surface area contributed by atoms with E-state index in [-0.39, 0.29) is 23.2 Å². The summed E-state index contributed by atoms with van der Waals surface area (Å²) >= 11 is 8.63. The van der Waals surface area contributed by atoms with Crippen LogP contribution in [-0.4, -0.2) is 29.4 Å². The van der Waals surface area contributed by atoms with Crippen molar-refractivity contribution in [3.05, 3.63) is 94.0 Å². The van der Waals surface area contributed by atoms with E-state index in [0.29, 0.717) is 27.2 Å². The molecule has 7 nitrogen and oxygen atoms in total. The van der Waals surface area contributed by atoms with Crippen LogP contribution in [0.25, 0.3) is 6.08 Å². The topological polar surface area (TPSA) is 87.7 Å². The highest BCUT2D eigenvalue weighted by Gasteiger charge is 2.34. The van der Waals surface area contributed by atoms with Crippen LogP contribution in [-0.2, 0) is 14.4 Å². The van der Waals surface area contributed by atoms with Crippen molar-refractivity contribution in [1.29, 1.82) is 0 Å². The van der Waals surface area contributed by atoms with Gasteiger partial charge in [-0.25, -0.2) is 0 Å². The quantitative estimate of drug-likeness (QED) is 0.266. The fraction of sp³-hybridized carbons (Fsp3) is 0.0769. The highest BCUT2D eigenvalue weighted by Crippen LogP contribution is 2.28. The first-order valence-electron chi connectivity index (χ1n) is 10.6. The number of rotatable bonds is 6. The van der Waals surface area contributed by atoms with E-state index in [9.17, 15) is 14.4 Å². The summed E-state index contributed by atoms with van der Waals surface area (Å²) in [5, 5.41) is 5.37. The number of benzene rings is 3. The largest absolute Gasteiger partial charge is 0.483 e. The van der Waals surface area contributed by atoms with Crippen molar-refractivity contribution >= 4 is 68.4 Å². The number of ether oxygens (including phenoxy) is 1. The van der Waals surface area contributed by atoms with Gasteiger partial charge in [0.2, 0.25) is 0 Å². The van der Waals surface area contributed by atoms with Gasteiger partial charge in [-0.15, -0.1) is 0 Å². The minimum atomic E-state index is -0.615. The molecule has 0 bridgehead atoms. The Morgan fingerprint density at radius 2 is 1.80 bits per heavy atom. The Bertz CT molecular complexity index is 1360. The zero-order valence-corrected chi connectivity index (χ0v) is 21.0. The van der Waals surface area contributed by atoms with E-state index in [1.807, 2.05) is 31.2 Å². The molecular formula is C26H20BrN3O4S. The molecule has 0 atom stereocenters. The highest BCUT2D eigenvalue weighted by atomic mass is 79.9. The van der Waals surface area contributed by atoms with E-state index in [0.717, 1.165) is 5.56 Å². The SMILES string of the molecule is Cc1ccccc1NC(=O)COc1ccc(Br)cc1/C=C1/C(=O)NC(=S)N(c2ccccc2)C1=O. The van der Waals surface area contributed by atoms with Crippen molar-refractivity contribution in [3.63, 3.8) is 0 Å². The minimum Gasteiger partial charge on any atom is -0.483 e. The molecule has 1 aliphatic rings. The van der Waals surface area contributed by atoms with Gasteiger partial charge in [0.15, 0.2) is 11.7 Å². The number of thiocarbonyl (C=S) groups is 1. The van der Waals surface area contributed by atoms with Crippen molar-refractivity contribution < 1.29 is 19.1 Å². The Labute approximate surface area is 215 Å². The molecule has 0 aromatic heterocycles. The number of carbonyl (C=O) groups is 3. The van der Waals surface area contributed by atoms with Crippen molar-refractivity contribution in [2.24, 2.45) is 0 Å². The summed E-state index contributed by atoms with van der Waals surface area (Å²) in [5.41, 5.74) is 2.49. The standard InChI is InChI=1S/C26H20BrN3O4S/c1-16-7-5-6-10-21(16)28-23(31)15-34-22-12-11-18(27)13-17(22)14-20-24(32)29-26(35)30(25(20)33)19-8-3-2-4-9-19/h2-14H,15H2,1H3,(H,28,31)(H,29,32,35)/b20-14-. The Kier molecular flexibility index (Phi) is 7.38. The van der Waals surface area contributed by atoms with Crippen LogP contribution in [0.3, 0.4) is 0 Å². The molecule has 1 aliphatic heterocycles. The number of nitrogens with zero attached hydrogens (tertiary/aromatic N) is 1. The summed E-state index contributed by atoms with van der Waals surface area (Å²) < 4.78 is 6.46. The predicted molar refractivity (Wildman–Crippen MR) is 142 cm³/mol. The molecule has 176 valence electrons. The van der Waals surface area contributed by atoms with Gasteiger partial charge in [-0.3, -0.25) is 24.6 Å². The number of halogens is 1. The molecule has 0 unspecified atom stereocenters. The average Bonchev–Trinajstić information content (AvgIpc) is 2.83. The van der Waals surface area contributed by atoms with Crippen LogP contribution in [0.15, 0.2) is 82.8 Å². The van der Waals surface area contributed by atoms with Crippen LogP contribution < -0.4 is 20.3 Å². The van der Waals surface area contributed by atoms with Crippen molar-refractivity contribution in [2.45, 2.75) is 6.92 Å². The summed E-state index contributed by atoms with van der Waals surface area (Å²) in [6, 6.07) is 21.3. The molecular weight excluding hydrogens is 530 g/mol. The summed E-state index contributed by atoms with van der Waals surface area (Å²) in [4.78, 5) is 39.6. The molecule has 3 amide bonds. The number of amides is 3. The minimum absolute atomic E-state index is 0.00180. The maximum Gasteiger partial charge on any atom is 0.270 e. The summed E-state index contributed by atoms with van der Waals surface area (Å²) in [6.07, 6.45) is 1.43. The van der Waals surface area contributed by atoms with Gasteiger partial charge >= 0.3 is 0 Å². The number of hydrogen-bond acceptors (Lipinski definition) is 5. The fourth-order valence-corrected chi connectivity index (χ4v) is 4.09. The Morgan fingerprint density at radius 1 is 1.09 bits per heavy atom. The van der Waals surface area contributed by atoms with Gasteiger partial charge in [0.1, 0.15) is 11.3 Å². The van der Waals surface area contributed by atoms with Gasteiger partial charge in [-0.2, -0.15) is 0 Å². The molecule has 9 heteroatoms. The third-order valence-electron chi connectivity index (χ3n) is 5.17. The number of nitrogens with one attached hydrogen (secondary N) is 2. The van der Waals surface area contributed by atoms with Gasteiger partial charge in [-0.1, -0.05) is 52.3 Å². The van der Waals surface area contributed by atoms with Crippen LogP contribution in [0.5, 0.6) is 5.75 Å². The molecule has 3 aromatic rings. The second kappa shape index (κ2) is 10.6. The third kappa shape index (κ3) is 5.64. The lowest BCUT2D eigenvalue weighted by Crippen LogP contribution is -2.54. The fourth-order valence-electron chi connectivity index (χ4n) is 3.43. The molecule has 1 saturated heterocycles. The molecule has 4 rings (SSSR count). The Hall–Kier alpha value is -3.82. The summed E-state index contributed by atoms with van der Waals surface area (Å²) in [7, 11) is 0. The van der Waals surface area contributed by atoms with Crippen molar-refractivity contribution in [1.82, 2.24) is 5.32 Å². The molecule has 0 saturated carbocycles. The first-order valence-corrected chi connectivity index (χ1v) is 11.8. The Morgan fingerprint density at radius 3 is 2.54 bits per heavy atom. The van der Waals surface area contributed by atoms with Gasteiger partial charge in [0.05, 0.1) is 5.69 Å². The van der Waals surface area contributed by atoms with Gasteiger partial charge in [0, 0.05) is 15.7 Å². The van der Waals surface area contributed by atoms with E-state index in [4.69, 9.17) is 17.0 Å². The second-order valence-electron chi connectivity index (χ2n) is 7.63. The van der Waals surface area contributed by atoms with E-state index < -0.39 is 11.8 Å². The third-order valence-corrected chi connectivity index (χ3v) is 5.94. The maximum atomic E-state index is 13.2. The van der Waals surface area contributed by atoms with Crippen LogP contribution >= 0.6 is 28.1 Å². The second-order valence-corrected chi connectivity index (χ2v) is 8.93. The number of para-hydroxylation sites is 2. The van der Waals surface area contributed by atoms with Crippen LogP contribution in [0.4, 0.5) is 11.4 Å². The first-order chi connectivity index (χ1) is 16.8. The molecule has 35 heavy (non-hydrogen) atoms. The maximum absolute atomic E-state index is 13.2. The van der Waals surface area contributed by atoms with E-state index in [2.05, 4.69) is 26.6 Å². The zero-order chi connectivity index (χ0) is 24.9. The Balaban J connectivity index is 1.58. The van der Waals surface area contributed by atoms with Gasteiger partial charge in [-0.05, 0) is 67.2 Å². The zero-order valence-electron chi connectivity index (χ0n) is 18.6. The number of aryl methyl sites for hydroxylation is 1. The summed E-state index contributed by atoms with van der Waals surface area (Å²) in [5.74, 6) is -1.18. The first kappa shape index (κ1) is 24.3. The molecule has 0 spiro atoms. The molecule has 0 radical (unpaired) electrons. The lowest BCUT2D eigenvalue weighted by molar-refractivity contribution is -0.122. The smallest absolute Gasteiger partial charge is 0.270 e. The van der Waals surface area contributed by atoms with Crippen molar-refractivity contribution in [2.75, 3.05) is 16.8 Å². The molecule has 1 fully saturated rings. The number of anilines is 2. The normalized spacial score (nSPS) is 14.6. The van der Waals surface area contributed by atoms with E-state index in [1.165, 1.54) is 11.0 Å². The van der Waals surface area contributed by atoms with Crippen molar-refractivity contribution in [3.8, 4) is 5.75 Å². The molecule has 1 heterocycles. The molecule has 2 N–H and O–H groups in total. The predicted octanol–water partition coefficient (Wildman–Crippen LogP) is 4.61. The molecule has 3 aromatic carbocycles. The van der Waals surface area contributed by atoms with Crippen LogP contribution in [0, 0.1) is 6.92 Å². The van der Waals surface area contributed by atoms with Crippen LogP contribution in [0.1, 0.15) is 11.1 Å². The summed E-state index contributed by atoms with van der Waals surface area (Å²) in [6.45, 7) is 1.64. The lowest BCUT2D eigenvalue weighted by Gasteiger charge is -2.29. The van der Waals surface area contributed by atoms with Gasteiger partial charge in [0.25, 0.3) is 17.7 Å². The number of carbonyl (C=O) groups excluding carboxylic acids is 3.